The minimum absolute atomic E-state index is 0.0455. The van der Waals surface area contributed by atoms with E-state index in [1.54, 1.807) is 5.51 Å². The third-order valence-corrected chi connectivity index (χ3v) is 5.68. The molecule has 0 saturated heterocycles. The van der Waals surface area contributed by atoms with Crippen molar-refractivity contribution in [3.05, 3.63) is 28.4 Å². The molecule has 0 aliphatic carbocycles. The molecule has 0 unspecified atom stereocenters. The number of nitrogens with zero attached hydrogens (tertiary/aromatic N) is 2. The van der Waals surface area contributed by atoms with Gasteiger partial charge in [-0.15, -0.1) is 22.7 Å². The molecular weight excluding hydrogens is 460 g/mol. The largest absolute Gasteiger partial charge is 0.391 e. The molecule has 0 spiro atoms. The molecule has 4 nitrogen and oxygen atoms in total. The van der Waals surface area contributed by atoms with E-state index in [1.807, 2.05) is 0 Å². The molecule has 0 fully saturated rings. The molecule has 94 valence electrons. The van der Waals surface area contributed by atoms with E-state index in [2.05, 4.69) is 57.8 Å². The summed E-state index contributed by atoms with van der Waals surface area (Å²) in [4.78, 5) is 9.56. The van der Waals surface area contributed by atoms with Crippen molar-refractivity contribution in [2.24, 2.45) is 0 Å². The first kappa shape index (κ1) is 15.7. The van der Waals surface area contributed by atoms with Crippen molar-refractivity contribution in [3.63, 3.8) is 0 Å². The number of aliphatic hydroxyl groups is 2. The maximum Gasteiger partial charge on any atom is 0.160 e. The van der Waals surface area contributed by atoms with Gasteiger partial charge in [-0.05, 0) is 47.8 Å². The molecule has 0 radical (unpaired) electrons. The van der Waals surface area contributed by atoms with E-state index >= 15 is 0 Å². The SMILES string of the molecule is OCc1sc(Br)nc1Br.OCc1scnc1Br. The van der Waals surface area contributed by atoms with Crippen LogP contribution in [0.3, 0.4) is 0 Å². The quantitative estimate of drug-likeness (QED) is 0.710. The molecule has 2 N–H and O–H groups in total. The Morgan fingerprint density at radius 2 is 1.71 bits per heavy atom. The topological polar surface area (TPSA) is 66.2 Å². The zero-order valence-electron chi connectivity index (χ0n) is 8.23. The maximum atomic E-state index is 8.65. The second-order valence-corrected chi connectivity index (χ2v) is 7.36. The Kier molecular flexibility index (Phi) is 7.31. The van der Waals surface area contributed by atoms with Gasteiger partial charge in [0.05, 0.1) is 28.5 Å². The van der Waals surface area contributed by atoms with Gasteiger partial charge in [0.15, 0.2) is 3.92 Å². The zero-order valence-corrected chi connectivity index (χ0v) is 14.6. The van der Waals surface area contributed by atoms with Gasteiger partial charge >= 0.3 is 0 Å². The van der Waals surface area contributed by atoms with E-state index in [-0.39, 0.29) is 13.2 Å². The summed E-state index contributed by atoms with van der Waals surface area (Å²) in [6.45, 7) is 0.120. The molecule has 0 saturated carbocycles. The number of halogens is 3. The van der Waals surface area contributed by atoms with Crippen LogP contribution in [0.4, 0.5) is 0 Å². The molecular formula is C8H7Br3N2O2S2. The molecule has 9 heteroatoms. The van der Waals surface area contributed by atoms with Crippen molar-refractivity contribution < 1.29 is 10.2 Å². The molecule has 0 aliphatic heterocycles. The minimum atomic E-state index is 0.0455. The van der Waals surface area contributed by atoms with Gasteiger partial charge in [-0.2, -0.15) is 0 Å². The van der Waals surface area contributed by atoms with Crippen LogP contribution >= 0.6 is 70.5 Å². The lowest BCUT2D eigenvalue weighted by molar-refractivity contribution is 0.284. The fraction of sp³-hybridized carbons (Fsp3) is 0.250. The summed E-state index contributed by atoms with van der Waals surface area (Å²) in [6.07, 6.45) is 0. The van der Waals surface area contributed by atoms with Gasteiger partial charge in [-0.1, -0.05) is 0 Å². The number of hydrogen-bond donors (Lipinski definition) is 2. The molecule has 2 heterocycles. The number of rotatable bonds is 2. The lowest BCUT2D eigenvalue weighted by Crippen LogP contribution is -1.75. The fourth-order valence-electron chi connectivity index (χ4n) is 0.763. The molecule has 0 bridgehead atoms. The lowest BCUT2D eigenvalue weighted by atomic mass is 10.6. The highest BCUT2D eigenvalue weighted by atomic mass is 79.9. The average molecular weight is 467 g/mol. The Hall–Kier alpha value is 0.620. The van der Waals surface area contributed by atoms with Crippen LogP contribution in [0.15, 0.2) is 18.6 Å². The van der Waals surface area contributed by atoms with Crippen LogP contribution < -0.4 is 0 Å². The molecule has 0 amide bonds. The highest BCUT2D eigenvalue weighted by Crippen LogP contribution is 2.26. The second kappa shape index (κ2) is 7.93. The van der Waals surface area contributed by atoms with Crippen LogP contribution in [-0.2, 0) is 13.2 Å². The van der Waals surface area contributed by atoms with E-state index in [0.29, 0.717) is 0 Å². The first-order valence-electron chi connectivity index (χ1n) is 4.18. The molecule has 17 heavy (non-hydrogen) atoms. The Balaban J connectivity index is 0.000000171. The summed E-state index contributed by atoms with van der Waals surface area (Å²) in [5, 5.41) is 17.2. The Bertz CT molecular complexity index is 475. The van der Waals surface area contributed by atoms with Gasteiger partial charge in [0, 0.05) is 0 Å². The predicted molar refractivity (Wildman–Crippen MR) is 79.2 cm³/mol. The summed E-state index contributed by atoms with van der Waals surface area (Å²) in [5.74, 6) is 0. The number of aliphatic hydroxyl groups excluding tert-OH is 2. The van der Waals surface area contributed by atoms with Crippen molar-refractivity contribution in [3.8, 4) is 0 Å². The first-order chi connectivity index (χ1) is 8.08. The van der Waals surface area contributed by atoms with Gasteiger partial charge in [-0.25, -0.2) is 9.97 Å². The normalized spacial score (nSPS) is 9.94. The predicted octanol–water partition coefficient (Wildman–Crippen LogP) is 3.56. The standard InChI is InChI=1S/C4H3Br2NOS.C4H4BrNOS/c5-3-2(1-8)9-4(6)7-3;5-4-3(1-7)8-2-6-4/h8H,1H2;2,7H,1H2. The van der Waals surface area contributed by atoms with Crippen molar-refractivity contribution in [2.45, 2.75) is 13.2 Å². The Labute approximate surface area is 131 Å². The molecule has 0 atom stereocenters. The van der Waals surface area contributed by atoms with Gasteiger partial charge < -0.3 is 10.2 Å². The van der Waals surface area contributed by atoms with Crippen LogP contribution in [0.5, 0.6) is 0 Å². The number of aromatic nitrogens is 2. The smallest absolute Gasteiger partial charge is 0.160 e. The van der Waals surface area contributed by atoms with E-state index in [0.717, 1.165) is 22.9 Å². The molecule has 0 aliphatic rings. The molecule has 2 rings (SSSR count). The first-order valence-corrected chi connectivity index (χ1v) is 8.26. The third kappa shape index (κ3) is 5.01. The molecule has 2 aromatic rings. The third-order valence-electron chi connectivity index (χ3n) is 1.50. The summed E-state index contributed by atoms with van der Waals surface area (Å²) >= 11 is 12.4. The average Bonchev–Trinajstić information content (AvgIpc) is 2.85. The highest BCUT2D eigenvalue weighted by molar-refractivity contribution is 9.11. The van der Waals surface area contributed by atoms with Gasteiger partial charge in [0.25, 0.3) is 0 Å². The Morgan fingerprint density at radius 3 is 1.94 bits per heavy atom. The van der Waals surface area contributed by atoms with Crippen molar-refractivity contribution in [2.75, 3.05) is 0 Å². The van der Waals surface area contributed by atoms with Crippen LogP contribution in [0.25, 0.3) is 0 Å². The van der Waals surface area contributed by atoms with E-state index < -0.39 is 0 Å². The maximum absolute atomic E-state index is 8.65. The van der Waals surface area contributed by atoms with Gasteiger partial charge in [0.2, 0.25) is 0 Å². The monoisotopic (exact) mass is 464 g/mol. The van der Waals surface area contributed by atoms with E-state index in [4.69, 9.17) is 10.2 Å². The highest BCUT2D eigenvalue weighted by Gasteiger charge is 2.03. The summed E-state index contributed by atoms with van der Waals surface area (Å²) in [5.41, 5.74) is 1.69. The van der Waals surface area contributed by atoms with Crippen molar-refractivity contribution in [1.29, 1.82) is 0 Å². The zero-order chi connectivity index (χ0) is 12.8. The summed E-state index contributed by atoms with van der Waals surface area (Å²) in [6, 6.07) is 0. The van der Waals surface area contributed by atoms with Crippen LogP contribution in [0.1, 0.15) is 9.75 Å². The second-order valence-electron chi connectivity index (χ2n) is 2.56. The molecule has 0 aromatic carbocycles. The van der Waals surface area contributed by atoms with E-state index in [9.17, 15) is 0 Å². The van der Waals surface area contributed by atoms with Crippen LogP contribution in [0.2, 0.25) is 0 Å². The summed E-state index contributed by atoms with van der Waals surface area (Å²) in [7, 11) is 0. The number of thiazole rings is 2. The van der Waals surface area contributed by atoms with E-state index in [1.165, 1.54) is 22.7 Å². The van der Waals surface area contributed by atoms with Gasteiger partial charge in [0.1, 0.15) is 9.21 Å². The Morgan fingerprint density at radius 1 is 1.06 bits per heavy atom. The van der Waals surface area contributed by atoms with Crippen molar-refractivity contribution in [1.82, 2.24) is 9.97 Å². The van der Waals surface area contributed by atoms with Crippen molar-refractivity contribution >= 4 is 70.5 Å². The summed E-state index contributed by atoms with van der Waals surface area (Å²) < 4.78 is 2.27. The van der Waals surface area contributed by atoms with Crippen LogP contribution in [0, 0.1) is 0 Å². The number of hydrogen-bond acceptors (Lipinski definition) is 6. The van der Waals surface area contributed by atoms with Crippen LogP contribution in [-0.4, -0.2) is 20.2 Å². The van der Waals surface area contributed by atoms with Gasteiger partial charge in [-0.3, -0.25) is 0 Å². The fourth-order valence-corrected chi connectivity index (χ4v) is 4.12. The molecule has 2 aromatic heterocycles. The lowest BCUT2D eigenvalue weighted by Gasteiger charge is -1.83. The minimum Gasteiger partial charge on any atom is -0.391 e.